The van der Waals surface area contributed by atoms with Crippen molar-refractivity contribution in [3.63, 3.8) is 0 Å². The summed E-state index contributed by atoms with van der Waals surface area (Å²) in [6, 6.07) is 7.92. The minimum absolute atomic E-state index is 0.123. The Balaban J connectivity index is 2.60. The van der Waals surface area contributed by atoms with E-state index in [2.05, 4.69) is 0 Å². The van der Waals surface area contributed by atoms with Crippen LogP contribution in [0.4, 0.5) is 13.2 Å². The van der Waals surface area contributed by atoms with Gasteiger partial charge < -0.3 is 10.2 Å². The Hall–Kier alpha value is -1.30. The standard InChI is InChI=1S/C14H12ClF3O2/c15-11-7-13(20,8-19)6-10(14(16,17)18)12(11)9-4-2-1-3-5-9/h1-6,19-20H,7-8H2. The highest BCUT2D eigenvalue weighted by Crippen LogP contribution is 2.45. The zero-order chi connectivity index (χ0) is 15.0. The second-order valence-electron chi connectivity index (χ2n) is 4.64. The molecule has 0 saturated carbocycles. The molecule has 1 aromatic carbocycles. The molecule has 0 bridgehead atoms. The lowest BCUT2D eigenvalue weighted by atomic mass is 9.84. The first-order chi connectivity index (χ1) is 9.27. The summed E-state index contributed by atoms with van der Waals surface area (Å²) in [7, 11) is 0. The fourth-order valence-corrected chi connectivity index (χ4v) is 2.58. The molecule has 20 heavy (non-hydrogen) atoms. The number of halogens is 4. The Bertz CT molecular complexity index is 564. The van der Waals surface area contributed by atoms with Crippen LogP contribution in [-0.2, 0) is 0 Å². The van der Waals surface area contributed by atoms with Gasteiger partial charge in [0, 0.05) is 17.0 Å². The maximum absolute atomic E-state index is 13.2. The van der Waals surface area contributed by atoms with Crippen molar-refractivity contribution in [3.8, 4) is 0 Å². The highest BCUT2D eigenvalue weighted by Gasteiger charge is 2.43. The quantitative estimate of drug-likeness (QED) is 0.880. The normalized spacial score (nSPS) is 23.8. The molecule has 1 aliphatic rings. The Morgan fingerprint density at radius 3 is 2.30 bits per heavy atom. The van der Waals surface area contributed by atoms with E-state index in [0.717, 1.165) is 0 Å². The van der Waals surface area contributed by atoms with Crippen LogP contribution in [0.1, 0.15) is 12.0 Å². The predicted molar refractivity (Wildman–Crippen MR) is 70.0 cm³/mol. The summed E-state index contributed by atoms with van der Waals surface area (Å²) < 4.78 is 39.5. The minimum atomic E-state index is -4.67. The van der Waals surface area contributed by atoms with Crippen molar-refractivity contribution < 1.29 is 23.4 Å². The number of aliphatic hydroxyl groups is 2. The van der Waals surface area contributed by atoms with Crippen molar-refractivity contribution in [2.75, 3.05) is 6.61 Å². The first kappa shape index (κ1) is 15.1. The summed E-state index contributed by atoms with van der Waals surface area (Å²) in [6.07, 6.45) is -4.29. The van der Waals surface area contributed by atoms with E-state index in [-0.39, 0.29) is 17.0 Å². The lowest BCUT2D eigenvalue weighted by Crippen LogP contribution is -2.35. The summed E-state index contributed by atoms with van der Waals surface area (Å²) in [5, 5.41) is 18.8. The van der Waals surface area contributed by atoms with Crippen LogP contribution in [0, 0.1) is 0 Å². The molecule has 6 heteroatoms. The van der Waals surface area contributed by atoms with Gasteiger partial charge in [0.25, 0.3) is 0 Å². The Labute approximate surface area is 118 Å². The molecule has 0 heterocycles. The third-order valence-electron chi connectivity index (χ3n) is 3.06. The monoisotopic (exact) mass is 304 g/mol. The van der Waals surface area contributed by atoms with E-state index in [1.54, 1.807) is 18.2 Å². The molecule has 0 aromatic heterocycles. The van der Waals surface area contributed by atoms with Gasteiger partial charge in [-0.3, -0.25) is 0 Å². The minimum Gasteiger partial charge on any atom is -0.393 e. The second-order valence-corrected chi connectivity index (χ2v) is 5.10. The molecule has 0 saturated heterocycles. The Kier molecular flexibility index (Phi) is 3.95. The van der Waals surface area contributed by atoms with Crippen molar-refractivity contribution in [2.45, 2.75) is 18.2 Å². The highest BCUT2D eigenvalue weighted by atomic mass is 35.5. The van der Waals surface area contributed by atoms with Crippen molar-refractivity contribution >= 4 is 17.2 Å². The van der Waals surface area contributed by atoms with Gasteiger partial charge in [0.05, 0.1) is 12.2 Å². The first-order valence-corrected chi connectivity index (χ1v) is 6.22. The third-order valence-corrected chi connectivity index (χ3v) is 3.38. The lowest BCUT2D eigenvalue weighted by molar-refractivity contribution is -0.0902. The van der Waals surface area contributed by atoms with Gasteiger partial charge in [-0.2, -0.15) is 13.2 Å². The van der Waals surface area contributed by atoms with Gasteiger partial charge >= 0.3 is 6.18 Å². The number of hydrogen-bond acceptors (Lipinski definition) is 2. The van der Waals surface area contributed by atoms with E-state index in [1.165, 1.54) is 12.1 Å². The van der Waals surface area contributed by atoms with E-state index >= 15 is 0 Å². The summed E-state index contributed by atoms with van der Waals surface area (Å²) >= 11 is 5.95. The topological polar surface area (TPSA) is 40.5 Å². The number of aliphatic hydroxyl groups excluding tert-OH is 1. The molecule has 1 unspecified atom stereocenters. The van der Waals surface area contributed by atoms with Crippen molar-refractivity contribution in [1.29, 1.82) is 0 Å². The SMILES string of the molecule is OCC1(O)C=C(C(F)(F)F)C(c2ccccc2)=C(Cl)C1. The van der Waals surface area contributed by atoms with Crippen LogP contribution in [0.2, 0.25) is 0 Å². The molecule has 0 amide bonds. The maximum Gasteiger partial charge on any atom is 0.416 e. The fraction of sp³-hybridized carbons (Fsp3) is 0.286. The molecule has 2 rings (SSSR count). The summed E-state index contributed by atoms with van der Waals surface area (Å²) in [6.45, 7) is -0.829. The van der Waals surface area contributed by atoms with Crippen LogP contribution in [0.15, 0.2) is 47.0 Å². The fourth-order valence-electron chi connectivity index (χ4n) is 2.14. The van der Waals surface area contributed by atoms with Crippen molar-refractivity contribution in [2.24, 2.45) is 0 Å². The highest BCUT2D eigenvalue weighted by molar-refractivity contribution is 6.33. The van der Waals surface area contributed by atoms with Crippen LogP contribution in [0.25, 0.3) is 5.57 Å². The summed E-state index contributed by atoms with van der Waals surface area (Å²) in [5.74, 6) is 0. The molecule has 0 radical (unpaired) electrons. The molecule has 2 N–H and O–H groups in total. The summed E-state index contributed by atoms with van der Waals surface area (Å²) in [4.78, 5) is 0. The largest absolute Gasteiger partial charge is 0.416 e. The Morgan fingerprint density at radius 1 is 1.20 bits per heavy atom. The zero-order valence-electron chi connectivity index (χ0n) is 10.3. The van der Waals surface area contributed by atoms with E-state index in [4.69, 9.17) is 16.7 Å². The van der Waals surface area contributed by atoms with Gasteiger partial charge in [0.1, 0.15) is 5.60 Å². The average molecular weight is 305 g/mol. The van der Waals surface area contributed by atoms with Crippen LogP contribution in [0.5, 0.6) is 0 Å². The van der Waals surface area contributed by atoms with E-state index in [1.807, 2.05) is 0 Å². The van der Waals surface area contributed by atoms with Crippen LogP contribution < -0.4 is 0 Å². The third kappa shape index (κ3) is 2.90. The van der Waals surface area contributed by atoms with Gasteiger partial charge in [-0.1, -0.05) is 41.9 Å². The van der Waals surface area contributed by atoms with Crippen LogP contribution in [-0.4, -0.2) is 28.6 Å². The number of rotatable bonds is 2. The molecule has 2 nitrogen and oxygen atoms in total. The van der Waals surface area contributed by atoms with Gasteiger partial charge in [-0.15, -0.1) is 0 Å². The number of benzene rings is 1. The first-order valence-electron chi connectivity index (χ1n) is 5.84. The smallest absolute Gasteiger partial charge is 0.393 e. The average Bonchev–Trinajstić information content (AvgIpc) is 2.38. The van der Waals surface area contributed by atoms with Crippen LogP contribution in [0.3, 0.4) is 0 Å². The molecule has 1 atom stereocenters. The van der Waals surface area contributed by atoms with Gasteiger partial charge in [0.15, 0.2) is 0 Å². The number of hydrogen-bond donors (Lipinski definition) is 2. The van der Waals surface area contributed by atoms with Crippen molar-refractivity contribution in [3.05, 3.63) is 52.6 Å². The maximum atomic E-state index is 13.2. The molecule has 1 aliphatic carbocycles. The van der Waals surface area contributed by atoms with Crippen LogP contribution >= 0.6 is 11.6 Å². The second kappa shape index (κ2) is 5.24. The molecular formula is C14H12ClF3O2. The van der Waals surface area contributed by atoms with Crippen molar-refractivity contribution in [1.82, 2.24) is 0 Å². The molecule has 1 aromatic rings. The van der Waals surface area contributed by atoms with Gasteiger partial charge in [0.2, 0.25) is 0 Å². The van der Waals surface area contributed by atoms with E-state index < -0.39 is 24.0 Å². The Morgan fingerprint density at radius 2 is 1.80 bits per heavy atom. The van der Waals surface area contributed by atoms with E-state index in [9.17, 15) is 18.3 Å². The molecule has 0 fully saturated rings. The molecule has 0 aliphatic heterocycles. The molecule has 108 valence electrons. The van der Waals surface area contributed by atoms with E-state index in [0.29, 0.717) is 11.6 Å². The van der Waals surface area contributed by atoms with Gasteiger partial charge in [-0.05, 0) is 11.6 Å². The molecular weight excluding hydrogens is 293 g/mol. The number of allylic oxidation sites excluding steroid dienone is 2. The summed E-state index contributed by atoms with van der Waals surface area (Å²) in [5.41, 5.74) is -2.85. The number of alkyl halides is 3. The molecule has 0 spiro atoms. The zero-order valence-corrected chi connectivity index (χ0v) is 11.0. The van der Waals surface area contributed by atoms with Gasteiger partial charge in [-0.25, -0.2) is 0 Å². The lowest BCUT2D eigenvalue weighted by Gasteiger charge is -2.31. The predicted octanol–water partition coefficient (Wildman–Crippen LogP) is 3.25.